The Kier molecular flexibility index (Phi) is 5.79. The van der Waals surface area contributed by atoms with Gasteiger partial charge < -0.3 is 5.32 Å². The second kappa shape index (κ2) is 7.36. The molecular weight excluding hydrogens is 254 g/mol. The van der Waals surface area contributed by atoms with Crippen LogP contribution in [0.25, 0.3) is 0 Å². The molecule has 3 nitrogen and oxygen atoms in total. The first-order valence-electron chi connectivity index (χ1n) is 7.55. The number of hydrogen-bond acceptors (Lipinski definition) is 4. The van der Waals surface area contributed by atoms with Crippen LogP contribution in [0, 0.1) is 12.8 Å². The van der Waals surface area contributed by atoms with E-state index in [1.165, 1.54) is 37.2 Å². The zero-order valence-electron chi connectivity index (χ0n) is 12.5. The molecule has 0 saturated carbocycles. The van der Waals surface area contributed by atoms with E-state index in [-0.39, 0.29) is 0 Å². The lowest BCUT2D eigenvalue weighted by atomic mass is 9.95. The van der Waals surface area contributed by atoms with E-state index in [0.717, 1.165) is 18.8 Å². The Morgan fingerprint density at radius 3 is 3.00 bits per heavy atom. The van der Waals surface area contributed by atoms with Crippen LogP contribution in [0.4, 0.5) is 0 Å². The van der Waals surface area contributed by atoms with Crippen LogP contribution in [0.5, 0.6) is 0 Å². The van der Waals surface area contributed by atoms with E-state index in [9.17, 15) is 0 Å². The number of hydrogen-bond donors (Lipinski definition) is 1. The van der Waals surface area contributed by atoms with E-state index < -0.39 is 0 Å². The third-order valence-electron chi connectivity index (χ3n) is 3.98. The summed E-state index contributed by atoms with van der Waals surface area (Å²) in [6.07, 6.45) is 5.21. The summed E-state index contributed by atoms with van der Waals surface area (Å²) in [5, 5.41) is 7.11. The maximum Gasteiger partial charge on any atom is 0.110 e. The second-order valence-corrected chi connectivity index (χ2v) is 6.60. The van der Waals surface area contributed by atoms with E-state index in [1.54, 1.807) is 0 Å². The fourth-order valence-electron chi connectivity index (χ4n) is 3.00. The van der Waals surface area contributed by atoms with E-state index >= 15 is 0 Å². The van der Waals surface area contributed by atoms with Crippen LogP contribution >= 0.6 is 11.3 Å². The Morgan fingerprint density at radius 1 is 1.47 bits per heavy atom. The zero-order chi connectivity index (χ0) is 13.7. The normalized spacial score (nSPS) is 25.4. The largest absolute Gasteiger partial charge is 0.316 e. The van der Waals surface area contributed by atoms with Gasteiger partial charge in [0.05, 0.1) is 6.04 Å². The van der Waals surface area contributed by atoms with Gasteiger partial charge in [-0.1, -0.05) is 13.3 Å². The monoisotopic (exact) mass is 281 g/mol. The number of aromatic nitrogens is 1. The molecule has 0 aliphatic carbocycles. The molecule has 19 heavy (non-hydrogen) atoms. The van der Waals surface area contributed by atoms with Crippen molar-refractivity contribution < 1.29 is 0 Å². The van der Waals surface area contributed by atoms with E-state index in [1.807, 2.05) is 11.3 Å². The molecular formula is C15H27N3S. The van der Waals surface area contributed by atoms with Crippen LogP contribution < -0.4 is 5.32 Å². The van der Waals surface area contributed by atoms with E-state index in [2.05, 4.69) is 36.5 Å². The number of nitrogens with zero attached hydrogens (tertiary/aromatic N) is 2. The fourth-order valence-corrected chi connectivity index (χ4v) is 4.05. The first-order chi connectivity index (χ1) is 9.22. The van der Waals surface area contributed by atoms with Crippen LogP contribution in [0.1, 0.15) is 49.4 Å². The van der Waals surface area contributed by atoms with Gasteiger partial charge in [0, 0.05) is 11.1 Å². The minimum absolute atomic E-state index is 0.505. The molecule has 0 bridgehead atoms. The lowest BCUT2D eigenvalue weighted by molar-refractivity contribution is 0.188. The first kappa shape index (κ1) is 14.9. The van der Waals surface area contributed by atoms with E-state index in [4.69, 9.17) is 4.98 Å². The summed E-state index contributed by atoms with van der Waals surface area (Å²) in [4.78, 5) is 7.27. The molecule has 1 fully saturated rings. The van der Waals surface area contributed by atoms with Crippen LogP contribution in [0.15, 0.2) is 5.38 Å². The molecule has 1 aromatic rings. The SMILES string of the molecule is CCCNCC1CCCCN(C)C1c1nc(C)cs1. The quantitative estimate of drug-likeness (QED) is 0.840. The van der Waals surface area contributed by atoms with Crippen LogP contribution in [0.3, 0.4) is 0 Å². The van der Waals surface area contributed by atoms with Crippen molar-refractivity contribution in [3.8, 4) is 0 Å². The molecule has 0 aromatic carbocycles. The Bertz CT molecular complexity index is 377. The van der Waals surface area contributed by atoms with Crippen molar-refractivity contribution >= 4 is 11.3 Å². The highest BCUT2D eigenvalue weighted by molar-refractivity contribution is 7.09. The predicted octanol–water partition coefficient (Wildman–Crippen LogP) is 3.22. The number of nitrogens with one attached hydrogen (secondary N) is 1. The molecule has 1 aromatic heterocycles. The van der Waals surface area contributed by atoms with Crippen LogP contribution in [-0.4, -0.2) is 36.6 Å². The molecule has 0 amide bonds. The lowest BCUT2D eigenvalue weighted by Gasteiger charge is -2.31. The minimum Gasteiger partial charge on any atom is -0.316 e. The fraction of sp³-hybridized carbons (Fsp3) is 0.800. The second-order valence-electron chi connectivity index (χ2n) is 5.71. The molecule has 1 aliphatic heterocycles. The maximum atomic E-state index is 4.75. The molecule has 108 valence electrons. The van der Waals surface area contributed by atoms with Gasteiger partial charge in [-0.25, -0.2) is 4.98 Å². The summed E-state index contributed by atoms with van der Waals surface area (Å²) < 4.78 is 0. The molecule has 0 spiro atoms. The zero-order valence-corrected chi connectivity index (χ0v) is 13.3. The lowest BCUT2D eigenvalue weighted by Crippen LogP contribution is -2.35. The molecule has 1 saturated heterocycles. The average molecular weight is 281 g/mol. The van der Waals surface area contributed by atoms with Gasteiger partial charge >= 0.3 is 0 Å². The Hall–Kier alpha value is -0.450. The highest BCUT2D eigenvalue weighted by atomic mass is 32.1. The van der Waals surface area contributed by atoms with Gasteiger partial charge in [-0.3, -0.25) is 4.90 Å². The molecule has 0 radical (unpaired) electrons. The maximum absolute atomic E-state index is 4.75. The number of rotatable bonds is 5. The molecule has 1 N–H and O–H groups in total. The van der Waals surface area contributed by atoms with Gasteiger partial charge in [-0.05, 0) is 58.8 Å². The van der Waals surface area contributed by atoms with Crippen molar-refractivity contribution in [3.05, 3.63) is 16.1 Å². The van der Waals surface area contributed by atoms with Crippen molar-refractivity contribution in [1.82, 2.24) is 15.2 Å². The summed E-state index contributed by atoms with van der Waals surface area (Å²) >= 11 is 1.83. The average Bonchev–Trinajstić information content (AvgIpc) is 2.72. The van der Waals surface area contributed by atoms with Crippen molar-refractivity contribution in [2.24, 2.45) is 5.92 Å². The van der Waals surface area contributed by atoms with Crippen molar-refractivity contribution in [3.63, 3.8) is 0 Å². The number of thiazole rings is 1. The molecule has 2 unspecified atom stereocenters. The summed E-state index contributed by atoms with van der Waals surface area (Å²) in [6, 6.07) is 0.505. The van der Waals surface area contributed by atoms with E-state index in [0.29, 0.717) is 12.0 Å². The Morgan fingerprint density at radius 2 is 2.32 bits per heavy atom. The number of likely N-dealkylation sites (tertiary alicyclic amines) is 1. The summed E-state index contributed by atoms with van der Waals surface area (Å²) in [5.74, 6) is 0.699. The smallest absolute Gasteiger partial charge is 0.110 e. The third kappa shape index (κ3) is 4.01. The van der Waals surface area contributed by atoms with Gasteiger partial charge in [0.2, 0.25) is 0 Å². The van der Waals surface area contributed by atoms with Gasteiger partial charge in [-0.2, -0.15) is 0 Å². The molecule has 1 aliphatic rings. The summed E-state index contributed by atoms with van der Waals surface area (Å²) in [6.45, 7) is 7.79. The van der Waals surface area contributed by atoms with Crippen LogP contribution in [0.2, 0.25) is 0 Å². The predicted molar refractivity (Wildman–Crippen MR) is 82.7 cm³/mol. The Labute approximate surface area is 121 Å². The first-order valence-corrected chi connectivity index (χ1v) is 8.43. The standard InChI is InChI=1S/C15H27N3S/c1-4-8-16-10-13-7-5-6-9-18(3)14(13)15-17-12(2)11-19-15/h11,13-14,16H,4-10H2,1-3H3. The van der Waals surface area contributed by atoms with Gasteiger partial charge in [0.25, 0.3) is 0 Å². The van der Waals surface area contributed by atoms with Crippen molar-refractivity contribution in [2.75, 3.05) is 26.7 Å². The third-order valence-corrected chi connectivity index (χ3v) is 5.01. The molecule has 2 rings (SSSR count). The summed E-state index contributed by atoms with van der Waals surface area (Å²) in [5.41, 5.74) is 1.16. The highest BCUT2D eigenvalue weighted by Gasteiger charge is 2.30. The van der Waals surface area contributed by atoms with Gasteiger partial charge in [0.15, 0.2) is 0 Å². The molecule has 2 heterocycles. The van der Waals surface area contributed by atoms with Crippen molar-refractivity contribution in [2.45, 2.75) is 45.6 Å². The van der Waals surface area contributed by atoms with Gasteiger partial charge in [0.1, 0.15) is 5.01 Å². The molecule has 2 atom stereocenters. The Balaban J connectivity index is 2.11. The minimum atomic E-state index is 0.505. The van der Waals surface area contributed by atoms with Gasteiger partial charge in [-0.15, -0.1) is 11.3 Å². The topological polar surface area (TPSA) is 28.2 Å². The molecule has 4 heteroatoms. The highest BCUT2D eigenvalue weighted by Crippen LogP contribution is 2.35. The number of aryl methyl sites for hydroxylation is 1. The van der Waals surface area contributed by atoms with Crippen molar-refractivity contribution in [1.29, 1.82) is 0 Å². The summed E-state index contributed by atoms with van der Waals surface area (Å²) in [7, 11) is 2.26. The van der Waals surface area contributed by atoms with Crippen LogP contribution in [-0.2, 0) is 0 Å².